The number of likely N-dealkylation sites (N-methyl/N-ethyl adjacent to an activating group) is 1. The highest BCUT2D eigenvalue weighted by Gasteiger charge is 2.26. The fraction of sp³-hybridized carbons (Fsp3) is 0.600. The lowest BCUT2D eigenvalue weighted by atomic mass is 9.95. The molecule has 1 N–H and O–H groups in total. The van der Waals surface area contributed by atoms with Crippen LogP contribution in [0.1, 0.15) is 37.8 Å². The van der Waals surface area contributed by atoms with Crippen molar-refractivity contribution in [2.24, 2.45) is 0 Å². The molecule has 2 unspecified atom stereocenters. The quantitative estimate of drug-likeness (QED) is 0.894. The van der Waals surface area contributed by atoms with Gasteiger partial charge in [-0.15, -0.1) is 0 Å². The maximum absolute atomic E-state index is 5.94. The smallest absolute Gasteiger partial charge is 0.120 e. The minimum atomic E-state index is 0.241. The van der Waals surface area contributed by atoms with Crippen LogP contribution in [0.2, 0.25) is 0 Å². The fourth-order valence-corrected chi connectivity index (χ4v) is 3.18. The molecule has 0 aliphatic carbocycles. The Morgan fingerprint density at radius 1 is 1.47 bits per heavy atom. The van der Waals surface area contributed by atoms with Gasteiger partial charge in [0.2, 0.25) is 0 Å². The van der Waals surface area contributed by atoms with Crippen LogP contribution in [-0.2, 0) is 4.74 Å². The van der Waals surface area contributed by atoms with E-state index in [0.717, 1.165) is 29.8 Å². The van der Waals surface area contributed by atoms with Crippen molar-refractivity contribution in [1.82, 2.24) is 5.32 Å². The predicted molar refractivity (Wildman–Crippen MR) is 80.7 cm³/mol. The van der Waals surface area contributed by atoms with Crippen molar-refractivity contribution < 1.29 is 9.47 Å². The summed E-state index contributed by atoms with van der Waals surface area (Å²) in [6.45, 7) is 3.94. The summed E-state index contributed by atoms with van der Waals surface area (Å²) in [7, 11) is 1.69. The molecule has 1 aromatic rings. The molecule has 1 fully saturated rings. The lowest BCUT2D eigenvalue weighted by Gasteiger charge is -2.32. The minimum Gasteiger partial charge on any atom is -0.497 e. The predicted octanol–water partition coefficient (Wildman–Crippen LogP) is 3.68. The normalized spacial score (nSPS) is 21.1. The van der Waals surface area contributed by atoms with E-state index >= 15 is 0 Å². The summed E-state index contributed by atoms with van der Waals surface area (Å²) in [5, 5.41) is 3.55. The average molecular weight is 328 g/mol. The van der Waals surface area contributed by atoms with E-state index in [0.29, 0.717) is 0 Å². The van der Waals surface area contributed by atoms with Crippen LogP contribution in [0, 0.1) is 0 Å². The molecular formula is C15H22BrNO2. The first-order valence-electron chi connectivity index (χ1n) is 6.94. The fourth-order valence-electron chi connectivity index (χ4n) is 2.58. The standard InChI is InChI=1S/C15H22BrNO2/c1-3-17-15(14-6-4-5-9-19-14)12-8-7-11(18-2)10-13(12)16/h7-8,10,14-15,17H,3-6,9H2,1-2H3. The van der Waals surface area contributed by atoms with Gasteiger partial charge in [0.25, 0.3) is 0 Å². The Bertz CT molecular complexity index is 405. The molecule has 2 atom stereocenters. The summed E-state index contributed by atoms with van der Waals surface area (Å²) in [5.74, 6) is 0.871. The van der Waals surface area contributed by atoms with Crippen LogP contribution in [0.15, 0.2) is 22.7 Å². The van der Waals surface area contributed by atoms with E-state index in [1.54, 1.807) is 7.11 Å². The van der Waals surface area contributed by atoms with Crippen molar-refractivity contribution >= 4 is 15.9 Å². The van der Waals surface area contributed by atoms with Gasteiger partial charge in [0.1, 0.15) is 5.75 Å². The Labute approximate surface area is 123 Å². The van der Waals surface area contributed by atoms with Gasteiger partial charge < -0.3 is 14.8 Å². The molecule has 0 amide bonds. The molecule has 0 spiro atoms. The van der Waals surface area contributed by atoms with Crippen LogP contribution in [0.4, 0.5) is 0 Å². The van der Waals surface area contributed by atoms with Crippen molar-refractivity contribution in [1.29, 1.82) is 0 Å². The van der Waals surface area contributed by atoms with E-state index in [4.69, 9.17) is 9.47 Å². The Balaban J connectivity index is 2.22. The molecule has 0 saturated carbocycles. The molecule has 3 nitrogen and oxygen atoms in total. The molecule has 1 heterocycles. The number of methoxy groups -OCH3 is 1. The molecule has 0 bridgehead atoms. The largest absolute Gasteiger partial charge is 0.497 e. The summed E-state index contributed by atoms with van der Waals surface area (Å²) in [6.07, 6.45) is 3.81. The Hall–Kier alpha value is -0.580. The van der Waals surface area contributed by atoms with Crippen LogP contribution in [0.3, 0.4) is 0 Å². The Kier molecular flexibility index (Phi) is 5.67. The van der Waals surface area contributed by atoms with Gasteiger partial charge in [-0.2, -0.15) is 0 Å². The first kappa shape index (κ1) is 14.8. The van der Waals surface area contributed by atoms with Gasteiger partial charge in [-0.05, 0) is 43.5 Å². The third kappa shape index (κ3) is 3.71. The molecule has 1 aromatic carbocycles. The van der Waals surface area contributed by atoms with Crippen molar-refractivity contribution in [3.05, 3.63) is 28.2 Å². The van der Waals surface area contributed by atoms with Gasteiger partial charge in [0, 0.05) is 11.1 Å². The number of hydrogen-bond donors (Lipinski definition) is 1. The topological polar surface area (TPSA) is 30.5 Å². The lowest BCUT2D eigenvalue weighted by Crippen LogP contribution is -2.36. The molecule has 0 radical (unpaired) electrons. The highest BCUT2D eigenvalue weighted by atomic mass is 79.9. The summed E-state index contributed by atoms with van der Waals surface area (Å²) >= 11 is 3.65. The minimum absolute atomic E-state index is 0.241. The van der Waals surface area contributed by atoms with E-state index in [1.165, 1.54) is 18.4 Å². The van der Waals surface area contributed by atoms with Crippen molar-refractivity contribution in [2.75, 3.05) is 20.3 Å². The molecule has 19 heavy (non-hydrogen) atoms. The van der Waals surface area contributed by atoms with Crippen LogP contribution in [-0.4, -0.2) is 26.4 Å². The lowest BCUT2D eigenvalue weighted by molar-refractivity contribution is -0.00801. The highest BCUT2D eigenvalue weighted by molar-refractivity contribution is 9.10. The zero-order valence-corrected chi connectivity index (χ0v) is 13.2. The van der Waals surface area contributed by atoms with Crippen molar-refractivity contribution in [3.8, 4) is 5.75 Å². The maximum atomic E-state index is 5.94. The van der Waals surface area contributed by atoms with E-state index in [2.05, 4.69) is 34.2 Å². The molecule has 0 aromatic heterocycles. The van der Waals surface area contributed by atoms with Gasteiger partial charge in [-0.25, -0.2) is 0 Å². The maximum Gasteiger partial charge on any atom is 0.120 e. The molecule has 2 rings (SSSR count). The van der Waals surface area contributed by atoms with Gasteiger partial charge in [-0.1, -0.05) is 28.9 Å². The second-order valence-corrected chi connectivity index (χ2v) is 5.68. The molecule has 106 valence electrons. The van der Waals surface area contributed by atoms with Crippen LogP contribution in [0.25, 0.3) is 0 Å². The number of benzene rings is 1. The zero-order valence-electron chi connectivity index (χ0n) is 11.6. The van der Waals surface area contributed by atoms with Gasteiger partial charge >= 0.3 is 0 Å². The summed E-state index contributed by atoms with van der Waals surface area (Å²) < 4.78 is 12.3. The zero-order chi connectivity index (χ0) is 13.7. The van der Waals surface area contributed by atoms with Crippen LogP contribution >= 0.6 is 15.9 Å². The summed E-state index contributed by atoms with van der Waals surface area (Å²) in [4.78, 5) is 0. The first-order chi connectivity index (χ1) is 9.26. The first-order valence-corrected chi connectivity index (χ1v) is 7.74. The van der Waals surface area contributed by atoms with E-state index < -0.39 is 0 Å². The molecule has 1 aliphatic rings. The Morgan fingerprint density at radius 2 is 2.32 bits per heavy atom. The van der Waals surface area contributed by atoms with Gasteiger partial charge in [-0.3, -0.25) is 0 Å². The number of ether oxygens (including phenoxy) is 2. The van der Waals surface area contributed by atoms with E-state index in [-0.39, 0.29) is 12.1 Å². The summed E-state index contributed by atoms with van der Waals surface area (Å²) in [5.41, 5.74) is 1.24. The third-order valence-electron chi connectivity index (χ3n) is 3.55. The number of hydrogen-bond acceptors (Lipinski definition) is 3. The average Bonchev–Trinajstić information content (AvgIpc) is 2.46. The number of rotatable bonds is 5. The van der Waals surface area contributed by atoms with Crippen molar-refractivity contribution in [3.63, 3.8) is 0 Å². The van der Waals surface area contributed by atoms with E-state index in [1.807, 2.05) is 12.1 Å². The highest BCUT2D eigenvalue weighted by Crippen LogP contribution is 2.33. The molecule has 4 heteroatoms. The third-order valence-corrected chi connectivity index (χ3v) is 4.24. The van der Waals surface area contributed by atoms with Gasteiger partial charge in [0.05, 0.1) is 19.3 Å². The van der Waals surface area contributed by atoms with E-state index in [9.17, 15) is 0 Å². The second-order valence-electron chi connectivity index (χ2n) is 4.83. The molecule has 1 aliphatic heterocycles. The van der Waals surface area contributed by atoms with Crippen LogP contribution < -0.4 is 10.1 Å². The number of nitrogens with one attached hydrogen (secondary N) is 1. The Morgan fingerprint density at radius 3 is 2.89 bits per heavy atom. The molecular weight excluding hydrogens is 306 g/mol. The van der Waals surface area contributed by atoms with Crippen molar-refractivity contribution in [2.45, 2.75) is 38.3 Å². The second kappa shape index (κ2) is 7.27. The molecule has 1 saturated heterocycles. The van der Waals surface area contributed by atoms with Crippen LogP contribution in [0.5, 0.6) is 5.75 Å². The monoisotopic (exact) mass is 327 g/mol. The van der Waals surface area contributed by atoms with Gasteiger partial charge in [0.15, 0.2) is 0 Å². The number of halogens is 1. The summed E-state index contributed by atoms with van der Waals surface area (Å²) in [6, 6.07) is 6.38. The SMILES string of the molecule is CCNC(c1ccc(OC)cc1Br)C1CCCCO1.